The van der Waals surface area contributed by atoms with E-state index in [0.29, 0.717) is 5.89 Å². The van der Waals surface area contributed by atoms with Gasteiger partial charge in [0.15, 0.2) is 0 Å². The number of hydrogen-bond donors (Lipinski definition) is 0. The summed E-state index contributed by atoms with van der Waals surface area (Å²) < 4.78 is 10.8. The molecule has 0 spiro atoms. The van der Waals surface area contributed by atoms with Crippen LogP contribution in [0.15, 0.2) is 41.1 Å². The van der Waals surface area contributed by atoms with Crippen LogP contribution in [-0.2, 0) is 0 Å². The first-order valence-corrected chi connectivity index (χ1v) is 5.53. The fraction of sp³-hybridized carbons (Fsp3) is 0.308. The van der Waals surface area contributed by atoms with Gasteiger partial charge in [0.05, 0.1) is 12.8 Å². The predicted octanol–water partition coefficient (Wildman–Crippen LogP) is 3.52. The zero-order valence-electron chi connectivity index (χ0n) is 9.35. The lowest BCUT2D eigenvalue weighted by Gasteiger charge is -2.05. The van der Waals surface area contributed by atoms with Gasteiger partial charge in [-0.15, -0.1) is 0 Å². The van der Waals surface area contributed by atoms with Gasteiger partial charge < -0.3 is 9.15 Å². The number of rotatable bonds is 5. The molecule has 0 saturated heterocycles. The Morgan fingerprint density at radius 3 is 2.69 bits per heavy atom. The van der Waals surface area contributed by atoms with E-state index in [1.165, 1.54) is 0 Å². The van der Waals surface area contributed by atoms with E-state index in [9.17, 15) is 0 Å². The fourth-order valence-corrected chi connectivity index (χ4v) is 1.39. The number of hydrogen-bond acceptors (Lipinski definition) is 3. The Hall–Kier alpha value is -1.77. The Morgan fingerprint density at radius 2 is 2.06 bits per heavy atom. The topological polar surface area (TPSA) is 35.3 Å². The number of aromatic nitrogens is 1. The zero-order chi connectivity index (χ0) is 11.2. The Balaban J connectivity index is 2.00. The van der Waals surface area contributed by atoms with Crippen LogP contribution in [0, 0.1) is 0 Å². The summed E-state index contributed by atoms with van der Waals surface area (Å²) in [6.45, 7) is 2.92. The molecule has 0 fully saturated rings. The van der Waals surface area contributed by atoms with Crippen LogP contribution in [0.3, 0.4) is 0 Å². The molecule has 0 saturated carbocycles. The average molecular weight is 217 g/mol. The van der Waals surface area contributed by atoms with Crippen LogP contribution in [-0.4, -0.2) is 11.6 Å². The molecule has 0 N–H and O–H groups in total. The minimum atomic E-state index is 0.639. The normalized spacial score (nSPS) is 10.3. The van der Waals surface area contributed by atoms with Gasteiger partial charge in [0.1, 0.15) is 12.0 Å². The molecule has 0 aliphatic rings. The van der Waals surface area contributed by atoms with Gasteiger partial charge in [-0.1, -0.05) is 13.3 Å². The molecule has 1 heterocycles. The highest BCUT2D eigenvalue weighted by Crippen LogP contribution is 2.20. The van der Waals surface area contributed by atoms with Gasteiger partial charge in [0.25, 0.3) is 0 Å². The van der Waals surface area contributed by atoms with E-state index in [2.05, 4.69) is 11.9 Å². The molecule has 3 heteroatoms. The molecule has 0 bridgehead atoms. The molecule has 1 aromatic carbocycles. The summed E-state index contributed by atoms with van der Waals surface area (Å²) in [4.78, 5) is 4.08. The zero-order valence-corrected chi connectivity index (χ0v) is 9.35. The molecule has 0 amide bonds. The van der Waals surface area contributed by atoms with E-state index in [1.807, 2.05) is 24.3 Å². The third-order valence-corrected chi connectivity index (χ3v) is 2.30. The molecule has 0 aliphatic carbocycles. The third-order valence-electron chi connectivity index (χ3n) is 2.30. The maximum absolute atomic E-state index is 5.57. The summed E-state index contributed by atoms with van der Waals surface area (Å²) in [6, 6.07) is 7.78. The maximum atomic E-state index is 5.57. The lowest BCUT2D eigenvalue weighted by Crippen LogP contribution is -1.95. The average Bonchev–Trinajstić information content (AvgIpc) is 2.84. The van der Waals surface area contributed by atoms with E-state index in [4.69, 9.17) is 9.15 Å². The minimum Gasteiger partial charge on any atom is -0.494 e. The van der Waals surface area contributed by atoms with Crippen molar-refractivity contribution >= 4 is 0 Å². The predicted molar refractivity (Wildman–Crippen MR) is 62.3 cm³/mol. The molecule has 0 unspecified atom stereocenters. The molecule has 0 radical (unpaired) electrons. The molecule has 0 aliphatic heterocycles. The number of benzene rings is 1. The van der Waals surface area contributed by atoms with Crippen molar-refractivity contribution < 1.29 is 9.15 Å². The minimum absolute atomic E-state index is 0.639. The van der Waals surface area contributed by atoms with Crippen molar-refractivity contribution in [2.45, 2.75) is 19.8 Å². The van der Waals surface area contributed by atoms with Crippen molar-refractivity contribution in [3.63, 3.8) is 0 Å². The summed E-state index contributed by atoms with van der Waals surface area (Å²) >= 11 is 0. The van der Waals surface area contributed by atoms with Gasteiger partial charge in [-0.05, 0) is 30.7 Å². The van der Waals surface area contributed by atoms with Crippen LogP contribution in [0.4, 0.5) is 0 Å². The fourth-order valence-electron chi connectivity index (χ4n) is 1.39. The lowest BCUT2D eigenvalue weighted by atomic mass is 10.2. The molecular formula is C13H15NO2. The van der Waals surface area contributed by atoms with Gasteiger partial charge in [-0.3, -0.25) is 0 Å². The summed E-state index contributed by atoms with van der Waals surface area (Å²) in [7, 11) is 0. The Bertz CT molecular complexity index is 406. The number of oxazole rings is 1. The third kappa shape index (κ3) is 2.63. The van der Waals surface area contributed by atoms with Crippen LogP contribution in [0.2, 0.25) is 0 Å². The van der Waals surface area contributed by atoms with Gasteiger partial charge in [-0.2, -0.15) is 0 Å². The van der Waals surface area contributed by atoms with Gasteiger partial charge >= 0.3 is 0 Å². The van der Waals surface area contributed by atoms with Crippen LogP contribution in [0.5, 0.6) is 5.75 Å². The van der Waals surface area contributed by atoms with Crippen molar-refractivity contribution in [2.75, 3.05) is 6.61 Å². The van der Waals surface area contributed by atoms with E-state index >= 15 is 0 Å². The molecule has 3 nitrogen and oxygen atoms in total. The molecule has 16 heavy (non-hydrogen) atoms. The molecule has 0 atom stereocenters. The van der Waals surface area contributed by atoms with Gasteiger partial charge in [-0.25, -0.2) is 4.98 Å². The molecule has 2 rings (SSSR count). The van der Waals surface area contributed by atoms with Crippen molar-refractivity contribution in [1.82, 2.24) is 4.98 Å². The summed E-state index contributed by atoms with van der Waals surface area (Å²) in [6.07, 6.45) is 5.44. The first-order valence-electron chi connectivity index (χ1n) is 5.53. The molecule has 2 aromatic rings. The molecule has 84 valence electrons. The van der Waals surface area contributed by atoms with Crippen LogP contribution >= 0.6 is 0 Å². The van der Waals surface area contributed by atoms with Crippen molar-refractivity contribution in [3.8, 4) is 17.2 Å². The first-order chi connectivity index (χ1) is 7.90. The van der Waals surface area contributed by atoms with Crippen LogP contribution in [0.1, 0.15) is 19.8 Å². The quantitative estimate of drug-likeness (QED) is 0.719. The molecule has 1 aromatic heterocycles. The molecular weight excluding hydrogens is 202 g/mol. The van der Waals surface area contributed by atoms with E-state index in [1.54, 1.807) is 12.5 Å². The van der Waals surface area contributed by atoms with Gasteiger partial charge in [0.2, 0.25) is 5.89 Å². The van der Waals surface area contributed by atoms with Crippen molar-refractivity contribution in [1.29, 1.82) is 0 Å². The lowest BCUT2D eigenvalue weighted by molar-refractivity contribution is 0.309. The van der Waals surface area contributed by atoms with Crippen LogP contribution < -0.4 is 4.74 Å². The Morgan fingerprint density at radius 1 is 1.25 bits per heavy atom. The van der Waals surface area contributed by atoms with Crippen molar-refractivity contribution in [2.24, 2.45) is 0 Å². The highest BCUT2D eigenvalue weighted by molar-refractivity contribution is 5.54. The smallest absolute Gasteiger partial charge is 0.225 e. The van der Waals surface area contributed by atoms with Crippen molar-refractivity contribution in [3.05, 3.63) is 36.7 Å². The first kappa shape index (κ1) is 10.7. The maximum Gasteiger partial charge on any atom is 0.225 e. The number of ether oxygens (including phenoxy) is 1. The highest BCUT2D eigenvalue weighted by atomic mass is 16.5. The Kier molecular flexibility index (Phi) is 3.59. The number of unbranched alkanes of at least 4 members (excludes halogenated alkanes) is 1. The number of nitrogens with zero attached hydrogens (tertiary/aromatic N) is 1. The Labute approximate surface area is 95.1 Å². The van der Waals surface area contributed by atoms with E-state index in [-0.39, 0.29) is 0 Å². The van der Waals surface area contributed by atoms with E-state index < -0.39 is 0 Å². The second-order valence-electron chi connectivity index (χ2n) is 3.56. The highest BCUT2D eigenvalue weighted by Gasteiger charge is 2.01. The largest absolute Gasteiger partial charge is 0.494 e. The second-order valence-corrected chi connectivity index (χ2v) is 3.56. The monoisotopic (exact) mass is 217 g/mol. The summed E-state index contributed by atoms with van der Waals surface area (Å²) in [5.74, 6) is 1.53. The summed E-state index contributed by atoms with van der Waals surface area (Å²) in [5.41, 5.74) is 0.966. The summed E-state index contributed by atoms with van der Waals surface area (Å²) in [5, 5.41) is 0. The van der Waals surface area contributed by atoms with E-state index in [0.717, 1.165) is 30.8 Å². The second kappa shape index (κ2) is 5.35. The van der Waals surface area contributed by atoms with Crippen LogP contribution in [0.25, 0.3) is 11.5 Å². The SMILES string of the molecule is CCCCOc1ccc(-c2ncco2)cc1. The standard InChI is InChI=1S/C13H15NO2/c1-2-3-9-15-12-6-4-11(5-7-12)13-14-8-10-16-13/h4-8,10H,2-3,9H2,1H3. The van der Waals surface area contributed by atoms with Gasteiger partial charge in [0, 0.05) is 5.56 Å².